The summed E-state index contributed by atoms with van der Waals surface area (Å²) in [5, 5.41) is 50.9. The number of ketones is 2. The number of hydrogen-bond acceptors (Lipinski definition) is 22. The number of carboxylic acids is 4. The van der Waals surface area contributed by atoms with Crippen LogP contribution in [0.1, 0.15) is 56.9 Å². The van der Waals surface area contributed by atoms with E-state index in [9.17, 15) is 68.1 Å². The number of nitrogens with two attached hydrogens (primary N) is 2. The van der Waals surface area contributed by atoms with Crippen molar-refractivity contribution in [3.8, 4) is 0 Å². The second-order valence-electron chi connectivity index (χ2n) is 17.0. The van der Waals surface area contributed by atoms with E-state index in [-0.39, 0.29) is 117 Å². The molecule has 5 amide bonds. The number of nitrogens with one attached hydrogen (secondary N) is 6. The Bertz CT molecular complexity index is 2030. The first-order valence-electron chi connectivity index (χ1n) is 25.1. The zero-order valence-corrected chi connectivity index (χ0v) is 44.6. The lowest BCUT2D eigenvalue weighted by atomic mass is 9.95. The summed E-state index contributed by atoms with van der Waals surface area (Å²) in [6.45, 7) is 2.65. The largest absolute Gasteiger partial charge is 0.481 e. The molecule has 79 heavy (non-hydrogen) atoms. The molecule has 1 aromatic rings. The monoisotopic (exact) mass is 1150 g/mol. The molecule has 446 valence electrons. The van der Waals surface area contributed by atoms with Gasteiger partial charge in [0.05, 0.1) is 116 Å². The lowest BCUT2D eigenvalue weighted by Gasteiger charge is -2.22. The molecule has 0 aliphatic rings. The molecule has 0 spiro atoms. The molecule has 0 fully saturated rings. The molecule has 14 N–H and O–H groups in total. The SMILES string of the molecule is NC(CN[C@@H](CC(=O)O)C(=O)N[C@@H](CS)C(=O)O)C(=O)[C@@H](N)CCC(=O)[C@H](Cc1ccccc1)NC(=O)CCOCCOCCOCCOCCOCCOCCNC(=O)CC[C@H](NC(=O)N[C@@H](CCC(=O)O)OC=O)C(=O)O. The summed E-state index contributed by atoms with van der Waals surface area (Å²) in [6, 6.07) is 0.134. The van der Waals surface area contributed by atoms with Gasteiger partial charge in [-0.15, -0.1) is 0 Å². The van der Waals surface area contributed by atoms with Gasteiger partial charge in [0.15, 0.2) is 17.8 Å². The Balaban J connectivity index is 2.22. The minimum absolute atomic E-state index is 0.0105. The molecule has 0 saturated carbocycles. The van der Waals surface area contributed by atoms with Crippen LogP contribution in [0.2, 0.25) is 0 Å². The standard InChI is InChI=1S/C48H76N8O22S/c49-32(44(65)33(50)28-52-36(27-43(63)64)45(66)54-37(29-79)47(69)70)6-8-38(58)35(26-31-4-2-1-3-5-31)53-40(60)12-14-72-16-18-74-20-22-76-24-25-77-23-21-75-19-17-73-15-13-51-39(59)9-7-34(46(67)68)55-48(71)56-41(78-30-57)10-11-42(61)62/h1-5,30,32-37,41,52,79H,6-29,49-50H2,(H,51,59)(H,53,60)(H,54,66)(H,61,62)(H,63,64)(H,67,68)(H,69,70)(H2,55,56,71)/t32-,33?,34-,35-,36-,37-,41+/m0/s1. The van der Waals surface area contributed by atoms with Crippen molar-refractivity contribution in [2.75, 3.05) is 98.1 Å². The number of benzene rings is 1. The summed E-state index contributed by atoms with van der Waals surface area (Å²) < 4.78 is 37.3. The summed E-state index contributed by atoms with van der Waals surface area (Å²) in [6.07, 6.45) is -3.45. The number of carbonyl (C=O) groups is 11. The molecule has 0 radical (unpaired) electrons. The molecule has 0 aliphatic heterocycles. The lowest BCUT2D eigenvalue weighted by Crippen LogP contribution is -2.55. The first-order chi connectivity index (χ1) is 37.8. The fourth-order valence-electron chi connectivity index (χ4n) is 6.60. The van der Waals surface area contributed by atoms with Crippen LogP contribution in [0.5, 0.6) is 0 Å². The maximum absolute atomic E-state index is 13.4. The van der Waals surface area contributed by atoms with E-state index < -0.39 is 115 Å². The third-order valence-electron chi connectivity index (χ3n) is 10.8. The smallest absolute Gasteiger partial charge is 0.327 e. The molecular weight excluding hydrogens is 1070 g/mol. The number of carbonyl (C=O) groups excluding carboxylic acids is 7. The van der Waals surface area contributed by atoms with Crippen molar-refractivity contribution < 1.29 is 106 Å². The van der Waals surface area contributed by atoms with Gasteiger partial charge in [-0.05, 0) is 24.8 Å². The van der Waals surface area contributed by atoms with Crippen molar-refractivity contribution in [2.45, 2.75) is 100 Å². The van der Waals surface area contributed by atoms with E-state index in [2.05, 4.69) is 49.3 Å². The number of amides is 5. The van der Waals surface area contributed by atoms with Gasteiger partial charge in [0.25, 0.3) is 6.47 Å². The maximum atomic E-state index is 13.4. The number of thiol groups is 1. The number of hydrogen-bond donors (Lipinski definition) is 13. The molecule has 0 aromatic heterocycles. The molecule has 1 unspecified atom stereocenters. The lowest BCUT2D eigenvalue weighted by molar-refractivity contribution is -0.142. The van der Waals surface area contributed by atoms with Crippen LogP contribution in [0, 0.1) is 0 Å². The number of Topliss-reactive ketones (excluding diaryl/α,β-unsaturated/α-hetero) is 2. The third kappa shape index (κ3) is 35.7. The Kier molecular flexibility index (Phi) is 38.8. The molecule has 0 aliphatic carbocycles. The van der Waals surface area contributed by atoms with Crippen LogP contribution in [0.25, 0.3) is 0 Å². The van der Waals surface area contributed by atoms with E-state index in [1.165, 1.54) is 0 Å². The Morgan fingerprint density at radius 2 is 1.11 bits per heavy atom. The van der Waals surface area contributed by atoms with Crippen molar-refractivity contribution >= 4 is 78.3 Å². The summed E-state index contributed by atoms with van der Waals surface area (Å²) >= 11 is 3.86. The highest BCUT2D eigenvalue weighted by Crippen LogP contribution is 2.10. The third-order valence-corrected chi connectivity index (χ3v) is 11.2. The summed E-state index contributed by atoms with van der Waals surface area (Å²) in [7, 11) is 0. The average molecular weight is 1150 g/mol. The van der Waals surface area contributed by atoms with Gasteiger partial charge in [-0.2, -0.15) is 12.6 Å². The van der Waals surface area contributed by atoms with Crippen LogP contribution in [0.4, 0.5) is 4.79 Å². The van der Waals surface area contributed by atoms with E-state index >= 15 is 0 Å². The zero-order chi connectivity index (χ0) is 58.8. The molecule has 1 rings (SSSR count). The highest BCUT2D eigenvalue weighted by molar-refractivity contribution is 7.80. The van der Waals surface area contributed by atoms with Gasteiger partial charge in [-0.3, -0.25) is 38.4 Å². The molecule has 31 heteroatoms. The molecule has 1 aromatic carbocycles. The number of rotatable bonds is 50. The number of aliphatic carboxylic acids is 4. The summed E-state index contributed by atoms with van der Waals surface area (Å²) in [5.41, 5.74) is 12.9. The highest BCUT2D eigenvalue weighted by Gasteiger charge is 2.30. The molecule has 0 heterocycles. The van der Waals surface area contributed by atoms with Gasteiger partial charge in [0.2, 0.25) is 17.7 Å². The van der Waals surface area contributed by atoms with Gasteiger partial charge in [-0.25, -0.2) is 14.4 Å². The van der Waals surface area contributed by atoms with Gasteiger partial charge >= 0.3 is 29.9 Å². The van der Waals surface area contributed by atoms with Gasteiger partial charge < -0.3 is 97.0 Å². The van der Waals surface area contributed by atoms with Crippen molar-refractivity contribution in [3.05, 3.63) is 35.9 Å². The summed E-state index contributed by atoms with van der Waals surface area (Å²) in [4.78, 5) is 132. The van der Waals surface area contributed by atoms with Crippen LogP contribution in [0.3, 0.4) is 0 Å². The first kappa shape index (κ1) is 70.6. The predicted molar refractivity (Wildman–Crippen MR) is 277 cm³/mol. The first-order valence-corrected chi connectivity index (χ1v) is 25.7. The average Bonchev–Trinajstić information content (AvgIpc) is 3.41. The maximum Gasteiger partial charge on any atom is 0.327 e. The molecular formula is C48H76N8O22S. The normalized spacial score (nSPS) is 13.7. The number of carboxylic acid groups (broad SMARTS) is 4. The van der Waals surface area contributed by atoms with Crippen LogP contribution < -0.4 is 43.4 Å². The number of urea groups is 1. The number of ether oxygens (including phenoxy) is 7. The zero-order valence-electron chi connectivity index (χ0n) is 43.7. The van der Waals surface area contributed by atoms with Crippen LogP contribution >= 0.6 is 12.6 Å². The van der Waals surface area contributed by atoms with Crippen LogP contribution in [-0.2, 0) is 87.5 Å². The van der Waals surface area contributed by atoms with E-state index in [4.69, 9.17) is 45.0 Å². The van der Waals surface area contributed by atoms with Crippen molar-refractivity contribution in [1.82, 2.24) is 31.9 Å². The van der Waals surface area contributed by atoms with Crippen LogP contribution in [0.15, 0.2) is 30.3 Å². The van der Waals surface area contributed by atoms with Gasteiger partial charge in [-0.1, -0.05) is 30.3 Å². The molecule has 30 nitrogen and oxygen atoms in total. The predicted octanol–water partition coefficient (Wildman–Crippen LogP) is -3.28. The summed E-state index contributed by atoms with van der Waals surface area (Å²) in [5.74, 6) is -8.60. The van der Waals surface area contributed by atoms with Crippen LogP contribution in [-0.4, -0.2) is 227 Å². The Labute approximate surface area is 461 Å². The minimum atomic E-state index is -1.46. The second-order valence-corrected chi connectivity index (χ2v) is 17.4. The van der Waals surface area contributed by atoms with E-state index in [1.54, 1.807) is 30.3 Å². The van der Waals surface area contributed by atoms with Gasteiger partial charge in [0.1, 0.15) is 12.1 Å². The fraction of sp³-hybridized carbons (Fsp3) is 0.646. The quantitative estimate of drug-likeness (QED) is 0.0132. The molecule has 7 atom stereocenters. The van der Waals surface area contributed by atoms with Crippen molar-refractivity contribution in [3.63, 3.8) is 0 Å². The Hall–Kier alpha value is -6.42. The second kappa shape index (κ2) is 43.5. The van der Waals surface area contributed by atoms with E-state index in [1.807, 2.05) is 0 Å². The van der Waals surface area contributed by atoms with Crippen molar-refractivity contribution in [1.29, 1.82) is 0 Å². The Morgan fingerprint density at radius 1 is 0.557 bits per heavy atom. The van der Waals surface area contributed by atoms with E-state index in [0.717, 1.165) is 5.56 Å². The highest BCUT2D eigenvalue weighted by atomic mass is 32.1. The topological polar surface area (TPSA) is 458 Å². The van der Waals surface area contributed by atoms with Gasteiger partial charge in [0, 0.05) is 44.5 Å². The molecule has 0 saturated heterocycles. The van der Waals surface area contributed by atoms with E-state index in [0.29, 0.717) is 33.0 Å². The fourth-order valence-corrected chi connectivity index (χ4v) is 6.85. The van der Waals surface area contributed by atoms with Crippen molar-refractivity contribution in [2.24, 2.45) is 11.5 Å². The minimum Gasteiger partial charge on any atom is -0.481 e. The molecule has 0 bridgehead atoms. The Morgan fingerprint density at radius 3 is 1.63 bits per heavy atom.